The highest BCUT2D eigenvalue weighted by molar-refractivity contribution is 7.92. The van der Waals surface area contributed by atoms with Crippen LogP contribution in [0.3, 0.4) is 0 Å². The first-order chi connectivity index (χ1) is 18.5. The maximum Gasteiger partial charge on any atom is 0.264 e. The van der Waals surface area contributed by atoms with Crippen molar-refractivity contribution in [3.8, 4) is 0 Å². The molecule has 0 aliphatic carbocycles. The number of rotatable bonds is 12. The number of sulfonamides is 1. The molecule has 9 heteroatoms. The van der Waals surface area contributed by atoms with E-state index in [1.54, 1.807) is 31.2 Å². The predicted octanol–water partition coefficient (Wildman–Crippen LogP) is 4.56. The van der Waals surface area contributed by atoms with Crippen LogP contribution < -0.4 is 9.62 Å². The van der Waals surface area contributed by atoms with Gasteiger partial charge in [-0.15, -0.1) is 0 Å². The molecule has 7 nitrogen and oxygen atoms in total. The summed E-state index contributed by atoms with van der Waals surface area (Å²) in [6.45, 7) is 7.61. The topological polar surface area (TPSA) is 86.8 Å². The third kappa shape index (κ3) is 8.13. The molecule has 0 fully saturated rings. The number of nitrogens with zero attached hydrogens (tertiary/aromatic N) is 2. The Bertz CT molecular complexity index is 1350. The number of carbonyl (C=O) groups is 2. The van der Waals surface area contributed by atoms with Crippen molar-refractivity contribution in [1.29, 1.82) is 0 Å². The monoisotopic (exact) mass is 553 g/mol. The Morgan fingerprint density at radius 3 is 2.10 bits per heavy atom. The standard InChI is InChI=1S/C30H36FN3O4S/c1-22(2)20-32-30(36)24(4)33(19-18-25-8-6-5-7-9-25)29(35)21-34(27-14-10-23(3)11-15-27)39(37,38)28-16-12-26(31)13-17-28/h5-17,22,24H,18-21H2,1-4H3,(H,32,36). The molecule has 3 aromatic carbocycles. The molecule has 0 aliphatic rings. The molecule has 39 heavy (non-hydrogen) atoms. The van der Waals surface area contributed by atoms with E-state index < -0.39 is 34.3 Å². The fourth-order valence-electron chi connectivity index (χ4n) is 4.00. The second kappa shape index (κ2) is 13.4. The summed E-state index contributed by atoms with van der Waals surface area (Å²) < 4.78 is 42.0. The van der Waals surface area contributed by atoms with Gasteiger partial charge in [0.15, 0.2) is 0 Å². The molecule has 0 aromatic heterocycles. The lowest BCUT2D eigenvalue weighted by Crippen LogP contribution is -2.52. The average molecular weight is 554 g/mol. The average Bonchev–Trinajstić information content (AvgIpc) is 2.91. The van der Waals surface area contributed by atoms with Gasteiger partial charge in [-0.1, -0.05) is 61.9 Å². The van der Waals surface area contributed by atoms with Gasteiger partial charge in [-0.3, -0.25) is 13.9 Å². The van der Waals surface area contributed by atoms with Gasteiger partial charge in [0.05, 0.1) is 10.6 Å². The lowest BCUT2D eigenvalue weighted by molar-refractivity contribution is -0.138. The first kappa shape index (κ1) is 29.8. The Hall–Kier alpha value is -3.72. The van der Waals surface area contributed by atoms with Crippen LogP contribution in [0.25, 0.3) is 0 Å². The molecule has 2 amide bonds. The summed E-state index contributed by atoms with van der Waals surface area (Å²) in [7, 11) is -4.23. The minimum absolute atomic E-state index is 0.143. The van der Waals surface area contributed by atoms with Crippen LogP contribution in [-0.2, 0) is 26.0 Å². The molecule has 0 spiro atoms. The largest absolute Gasteiger partial charge is 0.354 e. The number of benzene rings is 3. The summed E-state index contributed by atoms with van der Waals surface area (Å²) >= 11 is 0. The number of hydrogen-bond acceptors (Lipinski definition) is 4. The third-order valence-electron chi connectivity index (χ3n) is 6.34. The van der Waals surface area contributed by atoms with Gasteiger partial charge in [0, 0.05) is 13.1 Å². The minimum Gasteiger partial charge on any atom is -0.354 e. The van der Waals surface area contributed by atoms with Gasteiger partial charge in [-0.05, 0) is 68.1 Å². The molecular weight excluding hydrogens is 517 g/mol. The van der Waals surface area contributed by atoms with E-state index in [4.69, 9.17) is 0 Å². The summed E-state index contributed by atoms with van der Waals surface area (Å²) in [5.41, 5.74) is 2.20. The van der Waals surface area contributed by atoms with Gasteiger partial charge in [0.2, 0.25) is 11.8 Å². The van der Waals surface area contributed by atoms with E-state index >= 15 is 0 Å². The summed E-state index contributed by atoms with van der Waals surface area (Å²) in [4.78, 5) is 28.1. The van der Waals surface area contributed by atoms with Crippen LogP contribution in [0.15, 0.2) is 83.8 Å². The van der Waals surface area contributed by atoms with E-state index in [2.05, 4.69) is 5.32 Å². The Labute approximate surface area is 230 Å². The van der Waals surface area contributed by atoms with Crippen LogP contribution in [0.4, 0.5) is 10.1 Å². The Morgan fingerprint density at radius 1 is 0.897 bits per heavy atom. The number of aryl methyl sites for hydroxylation is 1. The summed E-state index contributed by atoms with van der Waals surface area (Å²) in [5.74, 6) is -1.18. The SMILES string of the molecule is Cc1ccc(N(CC(=O)N(CCc2ccccc2)C(C)C(=O)NCC(C)C)S(=O)(=O)c2ccc(F)cc2)cc1. The Balaban J connectivity index is 1.95. The van der Waals surface area contributed by atoms with E-state index in [-0.39, 0.29) is 29.0 Å². The van der Waals surface area contributed by atoms with Crippen molar-refractivity contribution in [3.05, 3.63) is 95.8 Å². The fourth-order valence-corrected chi connectivity index (χ4v) is 5.41. The lowest BCUT2D eigenvalue weighted by Gasteiger charge is -2.32. The number of hydrogen-bond donors (Lipinski definition) is 1. The van der Waals surface area contributed by atoms with Gasteiger partial charge in [0.25, 0.3) is 10.0 Å². The molecule has 1 N–H and O–H groups in total. The number of carbonyl (C=O) groups excluding carboxylic acids is 2. The van der Waals surface area contributed by atoms with Crippen LogP contribution in [0.1, 0.15) is 31.9 Å². The van der Waals surface area contributed by atoms with Gasteiger partial charge in [-0.2, -0.15) is 0 Å². The van der Waals surface area contributed by atoms with Gasteiger partial charge < -0.3 is 10.2 Å². The van der Waals surface area contributed by atoms with Crippen molar-refractivity contribution in [2.45, 2.75) is 45.1 Å². The van der Waals surface area contributed by atoms with Crippen molar-refractivity contribution >= 4 is 27.5 Å². The van der Waals surface area contributed by atoms with Crippen molar-refractivity contribution in [3.63, 3.8) is 0 Å². The third-order valence-corrected chi connectivity index (χ3v) is 8.13. The maximum absolute atomic E-state index is 13.8. The number of halogens is 1. The zero-order chi connectivity index (χ0) is 28.6. The Kier molecular flexibility index (Phi) is 10.2. The lowest BCUT2D eigenvalue weighted by atomic mass is 10.1. The van der Waals surface area contributed by atoms with Crippen LogP contribution in [0.5, 0.6) is 0 Å². The molecule has 0 radical (unpaired) electrons. The first-order valence-corrected chi connectivity index (χ1v) is 14.4. The number of amides is 2. The molecule has 208 valence electrons. The molecule has 0 saturated heterocycles. The Morgan fingerprint density at radius 2 is 1.51 bits per heavy atom. The first-order valence-electron chi connectivity index (χ1n) is 12.9. The summed E-state index contributed by atoms with van der Waals surface area (Å²) in [5, 5.41) is 2.87. The number of nitrogens with one attached hydrogen (secondary N) is 1. The number of anilines is 1. The zero-order valence-corrected chi connectivity index (χ0v) is 23.6. The summed E-state index contributed by atoms with van der Waals surface area (Å²) in [6, 6.07) is 20.0. The molecule has 0 aliphatic heterocycles. The molecule has 3 aromatic rings. The van der Waals surface area contributed by atoms with E-state index in [1.807, 2.05) is 51.1 Å². The highest BCUT2D eigenvalue weighted by atomic mass is 32.2. The van der Waals surface area contributed by atoms with E-state index in [0.717, 1.165) is 27.6 Å². The molecule has 0 bridgehead atoms. The molecule has 1 unspecified atom stereocenters. The predicted molar refractivity (Wildman–Crippen MR) is 151 cm³/mol. The second-order valence-electron chi connectivity index (χ2n) is 9.94. The highest BCUT2D eigenvalue weighted by Gasteiger charge is 2.32. The highest BCUT2D eigenvalue weighted by Crippen LogP contribution is 2.25. The van der Waals surface area contributed by atoms with Crippen LogP contribution in [0.2, 0.25) is 0 Å². The van der Waals surface area contributed by atoms with Crippen LogP contribution in [0, 0.1) is 18.7 Å². The molecular formula is C30H36FN3O4S. The van der Waals surface area contributed by atoms with Crippen molar-refractivity contribution in [2.24, 2.45) is 5.92 Å². The maximum atomic E-state index is 13.8. The normalized spacial score (nSPS) is 12.2. The van der Waals surface area contributed by atoms with Crippen molar-refractivity contribution < 1.29 is 22.4 Å². The molecule has 3 rings (SSSR count). The fraction of sp³-hybridized carbons (Fsp3) is 0.333. The minimum atomic E-state index is -4.23. The van der Waals surface area contributed by atoms with E-state index in [0.29, 0.717) is 13.0 Å². The van der Waals surface area contributed by atoms with Crippen molar-refractivity contribution in [1.82, 2.24) is 10.2 Å². The second-order valence-corrected chi connectivity index (χ2v) is 11.8. The zero-order valence-electron chi connectivity index (χ0n) is 22.8. The van der Waals surface area contributed by atoms with Crippen LogP contribution >= 0.6 is 0 Å². The van der Waals surface area contributed by atoms with Gasteiger partial charge in [0.1, 0.15) is 18.4 Å². The molecule has 0 heterocycles. The summed E-state index contributed by atoms with van der Waals surface area (Å²) in [6.07, 6.45) is 0.490. The smallest absolute Gasteiger partial charge is 0.264 e. The van der Waals surface area contributed by atoms with Gasteiger partial charge >= 0.3 is 0 Å². The quantitative estimate of drug-likeness (QED) is 0.356. The molecule has 1 atom stereocenters. The molecule has 0 saturated carbocycles. The van der Waals surface area contributed by atoms with E-state index in [9.17, 15) is 22.4 Å². The van der Waals surface area contributed by atoms with E-state index in [1.165, 1.54) is 17.0 Å². The van der Waals surface area contributed by atoms with Crippen molar-refractivity contribution in [2.75, 3.05) is 23.9 Å². The van der Waals surface area contributed by atoms with Crippen LogP contribution in [-0.4, -0.2) is 50.8 Å². The van der Waals surface area contributed by atoms with Gasteiger partial charge in [-0.25, -0.2) is 12.8 Å².